The summed E-state index contributed by atoms with van der Waals surface area (Å²) in [5.74, 6) is -2.16. The Kier molecular flexibility index (Phi) is 7.53. The lowest BCUT2D eigenvalue weighted by Crippen LogP contribution is -2.31. The first-order valence-electron chi connectivity index (χ1n) is 9.95. The highest BCUT2D eigenvalue weighted by Crippen LogP contribution is 2.26. The zero-order valence-corrected chi connectivity index (χ0v) is 17.2. The van der Waals surface area contributed by atoms with Crippen LogP contribution in [0.5, 0.6) is 11.8 Å². The van der Waals surface area contributed by atoms with Crippen molar-refractivity contribution in [2.24, 2.45) is 0 Å². The lowest BCUT2D eigenvalue weighted by molar-refractivity contribution is -0.389. The number of benzene rings is 1. The fourth-order valence-corrected chi connectivity index (χ4v) is 3.18. The number of carboxylic acid groups (broad SMARTS) is 1. The molecule has 178 valence electrons. The molecule has 2 aromatic rings. The van der Waals surface area contributed by atoms with E-state index in [1.165, 1.54) is 17.3 Å². The van der Waals surface area contributed by atoms with E-state index < -0.39 is 17.1 Å². The van der Waals surface area contributed by atoms with Gasteiger partial charge >= 0.3 is 24.0 Å². The molecule has 0 radical (unpaired) electrons. The van der Waals surface area contributed by atoms with Gasteiger partial charge in [-0.15, -0.1) is 0 Å². The van der Waals surface area contributed by atoms with E-state index in [0.717, 1.165) is 31.7 Å². The lowest BCUT2D eigenvalue weighted by Gasteiger charge is -2.22. The Hall–Kier alpha value is -3.61. The molecular weight excluding hydrogens is 449 g/mol. The topological polar surface area (TPSA) is 129 Å². The molecule has 0 saturated heterocycles. The van der Waals surface area contributed by atoms with E-state index in [9.17, 15) is 23.3 Å². The van der Waals surface area contributed by atoms with Crippen molar-refractivity contribution in [3.8, 4) is 11.8 Å². The highest BCUT2D eigenvalue weighted by molar-refractivity contribution is 5.73. The first kappa shape index (κ1) is 24.0. The minimum atomic E-state index is -5.08. The van der Waals surface area contributed by atoms with Gasteiger partial charge in [0.25, 0.3) is 0 Å². The third kappa shape index (κ3) is 6.68. The average molecular weight is 470 g/mol. The van der Waals surface area contributed by atoms with Crippen LogP contribution in [0.2, 0.25) is 0 Å². The average Bonchev–Trinajstić information content (AvgIpc) is 3.22. The molecule has 0 fully saturated rings. The fraction of sp³-hybridized carbons (Fsp3) is 0.400. The number of ether oxygens (including phenoxy) is 2. The van der Waals surface area contributed by atoms with Crippen LogP contribution in [0, 0.1) is 10.1 Å². The molecule has 33 heavy (non-hydrogen) atoms. The van der Waals surface area contributed by atoms with Gasteiger partial charge in [-0.05, 0) is 41.2 Å². The number of aliphatic carboxylic acids is 1. The Balaban J connectivity index is 0.000000383. The van der Waals surface area contributed by atoms with Crippen molar-refractivity contribution in [2.45, 2.75) is 31.7 Å². The number of rotatable bonds is 5. The second kappa shape index (κ2) is 10.3. The molecule has 1 atom stereocenters. The molecule has 2 aliphatic rings. The van der Waals surface area contributed by atoms with Gasteiger partial charge in [-0.1, -0.05) is 18.2 Å². The summed E-state index contributed by atoms with van der Waals surface area (Å²) in [5.41, 5.74) is 2.58. The second-order valence-electron chi connectivity index (χ2n) is 7.18. The number of fused-ring (bicyclic) bond motifs is 1. The molecule has 0 amide bonds. The maximum atomic E-state index is 10.8. The van der Waals surface area contributed by atoms with E-state index >= 15 is 0 Å². The molecule has 2 aliphatic heterocycles. The number of nitrogens with one attached hydrogen (secondary N) is 1. The minimum absolute atomic E-state index is 0.170. The molecule has 10 nitrogen and oxygen atoms in total. The smallest absolute Gasteiger partial charge is 0.490 e. The number of imidazole rings is 1. The highest BCUT2D eigenvalue weighted by atomic mass is 19.4. The number of hydrogen-bond donors (Lipinski definition) is 2. The monoisotopic (exact) mass is 470 g/mol. The number of hydrogen-bond acceptors (Lipinski definition) is 7. The van der Waals surface area contributed by atoms with Gasteiger partial charge in [0.05, 0.1) is 0 Å². The summed E-state index contributed by atoms with van der Waals surface area (Å²) < 4.78 is 44.9. The van der Waals surface area contributed by atoms with Gasteiger partial charge in [0.15, 0.2) is 0 Å². The number of nitrogens with zero attached hydrogens (tertiary/aromatic N) is 3. The van der Waals surface area contributed by atoms with Gasteiger partial charge < -0.3 is 30.0 Å². The van der Waals surface area contributed by atoms with Crippen molar-refractivity contribution in [1.82, 2.24) is 14.9 Å². The van der Waals surface area contributed by atoms with Crippen LogP contribution in [-0.2, 0) is 11.3 Å². The van der Waals surface area contributed by atoms with Crippen molar-refractivity contribution in [3.05, 3.63) is 52.2 Å². The Bertz CT molecular complexity index is 1020. The molecule has 0 bridgehead atoms. The van der Waals surface area contributed by atoms with Gasteiger partial charge in [-0.25, -0.2) is 4.79 Å². The van der Waals surface area contributed by atoms with Gasteiger partial charge in [-0.3, -0.25) is 4.57 Å². The van der Waals surface area contributed by atoms with E-state index in [-0.39, 0.29) is 17.9 Å². The van der Waals surface area contributed by atoms with Crippen molar-refractivity contribution in [3.63, 3.8) is 0 Å². The van der Waals surface area contributed by atoms with Crippen LogP contribution in [0.1, 0.15) is 18.4 Å². The first-order valence-corrected chi connectivity index (χ1v) is 9.95. The maximum Gasteiger partial charge on any atom is 0.490 e. The Labute approximate surface area is 185 Å². The third-order valence-corrected chi connectivity index (χ3v) is 4.85. The fourth-order valence-electron chi connectivity index (χ4n) is 3.18. The van der Waals surface area contributed by atoms with Crippen LogP contribution < -0.4 is 14.8 Å². The van der Waals surface area contributed by atoms with Crippen LogP contribution in [0.15, 0.2) is 36.5 Å². The van der Waals surface area contributed by atoms with Crippen LogP contribution in [-0.4, -0.2) is 57.5 Å². The number of aryl methyl sites for hydroxylation is 1. The van der Waals surface area contributed by atoms with E-state index in [2.05, 4.69) is 28.5 Å². The number of halogens is 3. The summed E-state index contributed by atoms with van der Waals surface area (Å²) in [7, 11) is 0. The summed E-state index contributed by atoms with van der Waals surface area (Å²) in [6, 6.07) is 8.36. The first-order chi connectivity index (χ1) is 15.6. The number of aromatic nitrogens is 2. The van der Waals surface area contributed by atoms with Crippen LogP contribution in [0.4, 0.5) is 19.0 Å². The van der Waals surface area contributed by atoms with Gasteiger partial charge in [0, 0.05) is 24.5 Å². The largest absolute Gasteiger partial charge is 0.490 e. The zero-order chi connectivity index (χ0) is 24.0. The lowest BCUT2D eigenvalue weighted by atomic mass is 10.0. The predicted octanol–water partition coefficient (Wildman–Crippen LogP) is 3.03. The maximum absolute atomic E-state index is 10.8. The van der Waals surface area contributed by atoms with Crippen LogP contribution in [0.25, 0.3) is 5.57 Å². The van der Waals surface area contributed by atoms with Crippen molar-refractivity contribution < 1.29 is 37.5 Å². The molecule has 3 heterocycles. The Morgan fingerprint density at radius 3 is 2.64 bits per heavy atom. The standard InChI is InChI=1S/C18H20N4O4.C2HF3O2/c23-22(24)17-11-21-10-7-16(26-18(21)20-17)12-25-15-3-1-13(2-4-15)14-5-8-19-9-6-14;3-2(4,5)1(6)7/h1-5,11,16,19H,6-10,12H2;(H,6,7)/t16-;/m1./s1. The third-order valence-electron chi connectivity index (χ3n) is 4.85. The summed E-state index contributed by atoms with van der Waals surface area (Å²) >= 11 is 0. The van der Waals surface area contributed by atoms with E-state index in [1.807, 2.05) is 12.1 Å². The molecule has 4 rings (SSSR count). The molecular formula is C20H21F3N4O6. The Morgan fingerprint density at radius 1 is 1.36 bits per heavy atom. The molecule has 0 aliphatic carbocycles. The van der Waals surface area contributed by atoms with Crippen LogP contribution in [0.3, 0.4) is 0 Å². The molecule has 0 spiro atoms. The zero-order valence-electron chi connectivity index (χ0n) is 17.2. The second-order valence-corrected chi connectivity index (χ2v) is 7.18. The number of alkyl halides is 3. The van der Waals surface area contributed by atoms with Gasteiger partial charge in [0.2, 0.25) is 0 Å². The van der Waals surface area contributed by atoms with E-state index in [0.29, 0.717) is 13.2 Å². The molecule has 2 N–H and O–H groups in total. The molecule has 1 aromatic carbocycles. The van der Waals surface area contributed by atoms with Crippen molar-refractivity contribution >= 4 is 17.4 Å². The quantitative estimate of drug-likeness (QED) is 0.504. The molecule has 13 heteroatoms. The molecule has 0 unspecified atom stereocenters. The highest BCUT2D eigenvalue weighted by Gasteiger charge is 2.38. The molecule has 0 saturated carbocycles. The van der Waals surface area contributed by atoms with Crippen LogP contribution >= 0.6 is 0 Å². The minimum Gasteiger partial charge on any atom is -0.490 e. The Morgan fingerprint density at radius 2 is 2.06 bits per heavy atom. The predicted molar refractivity (Wildman–Crippen MR) is 109 cm³/mol. The van der Waals surface area contributed by atoms with E-state index in [4.69, 9.17) is 19.4 Å². The number of carboxylic acids is 1. The SMILES string of the molecule is O=C(O)C(F)(F)F.O=[N+]([O-])c1cn2c(n1)O[C@@H](COc1ccc(C3=CCNCC3)cc1)CC2. The summed E-state index contributed by atoms with van der Waals surface area (Å²) in [5, 5.41) is 21.2. The van der Waals surface area contributed by atoms with Crippen molar-refractivity contribution in [1.29, 1.82) is 0 Å². The summed E-state index contributed by atoms with van der Waals surface area (Å²) in [4.78, 5) is 23.1. The summed E-state index contributed by atoms with van der Waals surface area (Å²) in [6.07, 6.45) is 0.126. The summed E-state index contributed by atoms with van der Waals surface area (Å²) in [6.45, 7) is 2.94. The molecule has 1 aromatic heterocycles. The normalized spacial score (nSPS) is 17.5. The number of carbonyl (C=O) groups is 1. The van der Waals surface area contributed by atoms with Gasteiger partial charge in [-0.2, -0.15) is 13.2 Å². The number of nitro groups is 1. The van der Waals surface area contributed by atoms with E-state index in [1.54, 1.807) is 4.57 Å². The van der Waals surface area contributed by atoms with Crippen molar-refractivity contribution in [2.75, 3.05) is 19.7 Å². The van der Waals surface area contributed by atoms with Gasteiger partial charge in [0.1, 0.15) is 24.7 Å².